The first kappa shape index (κ1) is 17.0. The van der Waals surface area contributed by atoms with Crippen molar-refractivity contribution in [1.82, 2.24) is 16.0 Å². The molecular formula is C16H25N3O2. The van der Waals surface area contributed by atoms with Gasteiger partial charge in [-0.15, -0.1) is 0 Å². The van der Waals surface area contributed by atoms with E-state index in [-0.39, 0.29) is 24.4 Å². The lowest BCUT2D eigenvalue weighted by atomic mass is 9.99. The molecule has 0 aliphatic heterocycles. The van der Waals surface area contributed by atoms with Crippen LogP contribution in [-0.4, -0.2) is 31.6 Å². The smallest absolute Gasteiger partial charge is 0.315 e. The molecule has 0 unspecified atom stereocenters. The topological polar surface area (TPSA) is 70.2 Å². The number of aryl methyl sites for hydroxylation is 1. The molecule has 3 N–H and O–H groups in total. The van der Waals surface area contributed by atoms with Gasteiger partial charge in [0.15, 0.2) is 0 Å². The van der Waals surface area contributed by atoms with Crippen LogP contribution >= 0.6 is 0 Å². The minimum Gasteiger partial charge on any atom is -0.355 e. The third-order valence-electron chi connectivity index (χ3n) is 3.16. The fourth-order valence-corrected chi connectivity index (χ4v) is 1.89. The lowest BCUT2D eigenvalue weighted by molar-refractivity contribution is -0.120. The average molecular weight is 291 g/mol. The van der Waals surface area contributed by atoms with Crippen molar-refractivity contribution < 1.29 is 9.59 Å². The van der Waals surface area contributed by atoms with Crippen molar-refractivity contribution in [3.8, 4) is 0 Å². The number of nitrogens with one attached hydrogen (secondary N) is 3. The van der Waals surface area contributed by atoms with E-state index in [1.54, 1.807) is 0 Å². The lowest BCUT2D eigenvalue weighted by Gasteiger charge is -2.14. The van der Waals surface area contributed by atoms with Crippen molar-refractivity contribution in [3.63, 3.8) is 0 Å². The molecule has 0 aliphatic rings. The zero-order valence-corrected chi connectivity index (χ0v) is 13.0. The van der Waals surface area contributed by atoms with Crippen LogP contribution in [0.1, 0.15) is 37.3 Å². The van der Waals surface area contributed by atoms with Crippen molar-refractivity contribution in [1.29, 1.82) is 0 Å². The maximum Gasteiger partial charge on any atom is 0.315 e. The summed E-state index contributed by atoms with van der Waals surface area (Å²) in [5.41, 5.74) is 2.40. The fourth-order valence-electron chi connectivity index (χ4n) is 1.89. The standard InChI is InChI=1S/C16H25N3O2/c1-4-8-17-15(20)11-19-16(21)18-10-13(3)14-7-5-6-12(2)9-14/h5-7,9,13H,4,8,10-11H2,1-3H3,(H,17,20)(H2,18,19,21)/t13-/m0/s1. The second kappa shape index (κ2) is 9.00. The van der Waals surface area contributed by atoms with E-state index < -0.39 is 0 Å². The normalized spacial score (nSPS) is 11.6. The van der Waals surface area contributed by atoms with Crippen LogP contribution in [0.4, 0.5) is 4.79 Å². The summed E-state index contributed by atoms with van der Waals surface area (Å²) in [5.74, 6) is 0.0586. The SMILES string of the molecule is CCCNC(=O)CNC(=O)NC[C@H](C)c1cccc(C)c1. The highest BCUT2D eigenvalue weighted by Gasteiger charge is 2.08. The number of carbonyl (C=O) groups excluding carboxylic acids is 2. The van der Waals surface area contributed by atoms with E-state index in [4.69, 9.17) is 0 Å². The Balaban J connectivity index is 2.28. The number of hydrogen-bond donors (Lipinski definition) is 3. The molecule has 0 aromatic heterocycles. The molecule has 1 aromatic rings. The molecule has 1 rings (SSSR count). The molecule has 0 bridgehead atoms. The van der Waals surface area contributed by atoms with E-state index in [1.807, 2.05) is 26.0 Å². The predicted octanol–water partition coefficient (Wildman–Crippen LogP) is 1.92. The first-order valence-electron chi connectivity index (χ1n) is 7.38. The van der Waals surface area contributed by atoms with Crippen LogP contribution in [0, 0.1) is 6.92 Å². The fraction of sp³-hybridized carbons (Fsp3) is 0.500. The molecule has 0 aliphatic carbocycles. The molecule has 0 fully saturated rings. The molecule has 1 aromatic carbocycles. The zero-order valence-electron chi connectivity index (χ0n) is 13.0. The highest BCUT2D eigenvalue weighted by atomic mass is 16.2. The lowest BCUT2D eigenvalue weighted by Crippen LogP contribution is -2.43. The molecule has 21 heavy (non-hydrogen) atoms. The maximum absolute atomic E-state index is 11.6. The first-order chi connectivity index (χ1) is 10.0. The van der Waals surface area contributed by atoms with Crippen molar-refractivity contribution in [2.45, 2.75) is 33.1 Å². The maximum atomic E-state index is 11.6. The Labute approximate surface area is 126 Å². The number of benzene rings is 1. The second-order valence-electron chi connectivity index (χ2n) is 5.23. The summed E-state index contributed by atoms with van der Waals surface area (Å²) in [7, 11) is 0. The first-order valence-corrected chi connectivity index (χ1v) is 7.38. The van der Waals surface area contributed by atoms with Gasteiger partial charge in [0.25, 0.3) is 0 Å². The van der Waals surface area contributed by atoms with Crippen molar-refractivity contribution in [3.05, 3.63) is 35.4 Å². The molecule has 0 saturated heterocycles. The van der Waals surface area contributed by atoms with Crippen molar-refractivity contribution >= 4 is 11.9 Å². The molecule has 5 nitrogen and oxygen atoms in total. The molecular weight excluding hydrogens is 266 g/mol. The Morgan fingerprint density at radius 2 is 1.95 bits per heavy atom. The Hall–Kier alpha value is -2.04. The molecule has 116 valence electrons. The van der Waals surface area contributed by atoms with E-state index >= 15 is 0 Å². The van der Waals surface area contributed by atoms with E-state index in [0.29, 0.717) is 13.1 Å². The number of urea groups is 1. The van der Waals surface area contributed by atoms with Gasteiger partial charge in [-0.3, -0.25) is 4.79 Å². The quantitative estimate of drug-likeness (QED) is 0.718. The summed E-state index contributed by atoms with van der Waals surface area (Å²) in [5, 5.41) is 8.03. The highest BCUT2D eigenvalue weighted by Crippen LogP contribution is 2.15. The number of hydrogen-bond acceptors (Lipinski definition) is 2. The minimum absolute atomic E-state index is 0.00462. The summed E-state index contributed by atoms with van der Waals surface area (Å²) in [4.78, 5) is 23.0. The molecule has 0 radical (unpaired) electrons. The van der Waals surface area contributed by atoms with Crippen LogP contribution in [0.2, 0.25) is 0 Å². The van der Waals surface area contributed by atoms with Gasteiger partial charge in [0.05, 0.1) is 6.54 Å². The summed E-state index contributed by atoms with van der Waals surface area (Å²) in [6, 6.07) is 7.91. The highest BCUT2D eigenvalue weighted by molar-refractivity contribution is 5.83. The Kier molecular flexibility index (Phi) is 7.29. The van der Waals surface area contributed by atoms with Crippen LogP contribution in [-0.2, 0) is 4.79 Å². The van der Waals surface area contributed by atoms with E-state index in [1.165, 1.54) is 11.1 Å². The molecule has 5 heteroatoms. The molecule has 0 heterocycles. The van der Waals surface area contributed by atoms with Gasteiger partial charge >= 0.3 is 6.03 Å². The number of amides is 3. The summed E-state index contributed by atoms with van der Waals surface area (Å²) in [6.07, 6.45) is 0.881. The predicted molar refractivity (Wildman–Crippen MR) is 84.3 cm³/mol. The van der Waals surface area contributed by atoms with Gasteiger partial charge in [-0.25, -0.2) is 4.79 Å². The van der Waals surface area contributed by atoms with Crippen LogP contribution in [0.25, 0.3) is 0 Å². The molecule has 0 saturated carbocycles. The number of carbonyl (C=O) groups is 2. The summed E-state index contributed by atoms with van der Waals surface area (Å²) >= 11 is 0. The van der Waals surface area contributed by atoms with Gasteiger partial charge in [0.2, 0.25) is 5.91 Å². The van der Waals surface area contributed by atoms with Crippen molar-refractivity contribution in [2.75, 3.05) is 19.6 Å². The average Bonchev–Trinajstić information content (AvgIpc) is 2.48. The Morgan fingerprint density at radius 3 is 2.62 bits per heavy atom. The van der Waals surface area contributed by atoms with Gasteiger partial charge in [-0.05, 0) is 24.8 Å². The van der Waals surface area contributed by atoms with E-state index in [2.05, 4.69) is 35.0 Å². The van der Waals surface area contributed by atoms with Crippen molar-refractivity contribution in [2.24, 2.45) is 0 Å². The monoisotopic (exact) mass is 291 g/mol. The molecule has 0 spiro atoms. The van der Waals surface area contributed by atoms with Gasteiger partial charge in [-0.2, -0.15) is 0 Å². The largest absolute Gasteiger partial charge is 0.355 e. The van der Waals surface area contributed by atoms with Crippen LogP contribution in [0.3, 0.4) is 0 Å². The van der Waals surface area contributed by atoms with Crippen LogP contribution < -0.4 is 16.0 Å². The minimum atomic E-state index is -0.318. The number of rotatable bonds is 7. The third kappa shape index (κ3) is 6.79. The van der Waals surface area contributed by atoms with Gasteiger partial charge < -0.3 is 16.0 Å². The molecule has 1 atom stereocenters. The van der Waals surface area contributed by atoms with Gasteiger partial charge in [0.1, 0.15) is 0 Å². The van der Waals surface area contributed by atoms with Crippen LogP contribution in [0.15, 0.2) is 24.3 Å². The van der Waals surface area contributed by atoms with E-state index in [9.17, 15) is 9.59 Å². The third-order valence-corrected chi connectivity index (χ3v) is 3.16. The molecule has 3 amide bonds. The van der Waals surface area contributed by atoms with Gasteiger partial charge in [0, 0.05) is 13.1 Å². The zero-order chi connectivity index (χ0) is 15.7. The summed E-state index contributed by atoms with van der Waals surface area (Å²) in [6.45, 7) is 7.25. The van der Waals surface area contributed by atoms with E-state index in [0.717, 1.165) is 6.42 Å². The summed E-state index contributed by atoms with van der Waals surface area (Å²) < 4.78 is 0. The Morgan fingerprint density at radius 1 is 1.19 bits per heavy atom. The van der Waals surface area contributed by atoms with Crippen LogP contribution in [0.5, 0.6) is 0 Å². The second-order valence-corrected chi connectivity index (χ2v) is 5.23. The van der Waals surface area contributed by atoms with Gasteiger partial charge in [-0.1, -0.05) is 43.7 Å². The Bertz CT molecular complexity index is 474.